The van der Waals surface area contributed by atoms with Crippen LogP contribution in [0.4, 0.5) is 0 Å². The Morgan fingerprint density at radius 2 is 1.35 bits per heavy atom. The normalized spacial score (nSPS) is 11.8. The Kier molecular flexibility index (Phi) is 10.9. The van der Waals surface area contributed by atoms with Crippen molar-refractivity contribution in [3.8, 4) is 28.0 Å². The van der Waals surface area contributed by atoms with Crippen LogP contribution in [0, 0.1) is 13.8 Å². The number of benzene rings is 4. The molecular formula is C43H49OSiZr. The van der Waals surface area contributed by atoms with Gasteiger partial charge in [0.05, 0.1) is 7.11 Å². The topological polar surface area (TPSA) is 9.23 Å². The predicted molar refractivity (Wildman–Crippen MR) is 200 cm³/mol. The average molecular weight is 701 g/mol. The Balaban J connectivity index is 0.000000205. The second kappa shape index (κ2) is 14.0. The predicted octanol–water partition coefficient (Wildman–Crippen LogP) is 11.6. The van der Waals surface area contributed by atoms with Crippen molar-refractivity contribution in [3.63, 3.8) is 0 Å². The van der Waals surface area contributed by atoms with Crippen molar-refractivity contribution < 1.29 is 30.9 Å². The molecule has 235 valence electrons. The zero-order chi connectivity index (χ0) is 32.7. The van der Waals surface area contributed by atoms with Gasteiger partial charge in [-0.2, -0.15) is 12.1 Å². The summed E-state index contributed by atoms with van der Waals surface area (Å²) in [6.07, 6.45) is 0. The third-order valence-electron chi connectivity index (χ3n) is 8.87. The number of rotatable bonds is 4. The molecule has 0 bridgehead atoms. The quantitative estimate of drug-likeness (QED) is 0.131. The first-order chi connectivity index (χ1) is 21.2. The van der Waals surface area contributed by atoms with Crippen molar-refractivity contribution in [2.45, 2.75) is 79.3 Å². The van der Waals surface area contributed by atoms with Gasteiger partial charge >= 0.3 is 26.2 Å². The second-order valence-corrected chi connectivity index (χ2v) is 17.3. The number of aryl methyl sites for hydroxylation is 2. The van der Waals surface area contributed by atoms with E-state index in [1.54, 1.807) is 12.3 Å². The summed E-state index contributed by atoms with van der Waals surface area (Å²) < 4.78 is 5.87. The summed E-state index contributed by atoms with van der Waals surface area (Å²) in [6.45, 7) is 22.7. The maximum Gasteiger partial charge on any atom is 2.00 e. The molecule has 0 spiro atoms. The average Bonchev–Trinajstić information content (AvgIpc) is 3.53. The van der Waals surface area contributed by atoms with Crippen molar-refractivity contribution in [3.05, 3.63) is 119 Å². The molecule has 0 aliphatic heterocycles. The van der Waals surface area contributed by atoms with Gasteiger partial charge in [-0.3, -0.25) is 0 Å². The summed E-state index contributed by atoms with van der Waals surface area (Å²) >= 11 is 0. The van der Waals surface area contributed by atoms with Crippen molar-refractivity contribution >= 4 is 35.5 Å². The Bertz CT molecular complexity index is 1920. The first-order valence-electron chi connectivity index (χ1n) is 16.1. The maximum absolute atomic E-state index is 5.87. The van der Waals surface area contributed by atoms with Crippen LogP contribution in [0.1, 0.15) is 63.8 Å². The fourth-order valence-electron chi connectivity index (χ4n) is 6.66. The van der Waals surface area contributed by atoms with E-state index < -0.39 is 8.80 Å². The molecular weight excluding hydrogens is 652 g/mol. The van der Waals surface area contributed by atoms with E-state index in [0.717, 1.165) is 5.75 Å². The van der Waals surface area contributed by atoms with Crippen molar-refractivity contribution in [2.75, 3.05) is 7.11 Å². The van der Waals surface area contributed by atoms with Gasteiger partial charge in [-0.15, -0.1) is 62.1 Å². The molecule has 0 aliphatic carbocycles. The minimum absolute atomic E-state index is 0. The van der Waals surface area contributed by atoms with Crippen LogP contribution in [-0.2, 0) is 37.0 Å². The zero-order valence-corrected chi connectivity index (χ0v) is 33.1. The van der Waals surface area contributed by atoms with Crippen LogP contribution < -0.4 is 9.92 Å². The fourth-order valence-corrected chi connectivity index (χ4v) is 8.27. The smallest absolute Gasteiger partial charge is 0.498 e. The van der Waals surface area contributed by atoms with E-state index in [4.69, 9.17) is 4.74 Å². The monoisotopic (exact) mass is 699 g/mol. The van der Waals surface area contributed by atoms with E-state index in [-0.39, 0.29) is 37.0 Å². The van der Waals surface area contributed by atoms with E-state index in [1.807, 2.05) is 0 Å². The van der Waals surface area contributed by atoms with E-state index in [0.29, 0.717) is 0 Å². The molecule has 0 fully saturated rings. The third-order valence-corrected chi connectivity index (χ3v) is 10.5. The molecule has 0 saturated carbocycles. The minimum Gasteiger partial charge on any atom is -0.498 e. The molecule has 0 saturated heterocycles. The van der Waals surface area contributed by atoms with Crippen LogP contribution in [0.5, 0.6) is 5.75 Å². The summed E-state index contributed by atoms with van der Waals surface area (Å²) in [4.78, 5) is 0. The van der Waals surface area contributed by atoms with Crippen molar-refractivity contribution in [1.29, 1.82) is 0 Å². The molecule has 46 heavy (non-hydrogen) atoms. The first-order valence-corrected chi connectivity index (χ1v) is 18.6. The van der Waals surface area contributed by atoms with E-state index in [2.05, 4.69) is 166 Å². The van der Waals surface area contributed by atoms with Crippen LogP contribution in [0.2, 0.25) is 13.1 Å². The van der Waals surface area contributed by atoms with Gasteiger partial charge < -0.3 is 4.74 Å². The van der Waals surface area contributed by atoms with Gasteiger partial charge in [0.25, 0.3) is 0 Å². The van der Waals surface area contributed by atoms with Gasteiger partial charge in [0, 0.05) is 8.80 Å². The molecule has 0 aromatic heterocycles. The standard InChI is InChI=1S/C22H26Si.C21H23O.Zr/c1-15-14-20-18(8-7-9-19(20)21(15)23(5)6)16-10-12-17(13-11-16)22(2,3)4;1-14-11-16-13-18(21(2,3)4)20(22-5)19(17(16)12-14)15-9-7-6-8-10-15;/h7-14H,1-6H3;6-13H,1-5H3;/q2*-1;+2. The number of fused-ring (bicyclic) bond motifs is 2. The molecule has 6 aromatic carbocycles. The first kappa shape index (κ1) is 35.8. The molecule has 0 heterocycles. The van der Waals surface area contributed by atoms with Gasteiger partial charge in [-0.1, -0.05) is 135 Å². The van der Waals surface area contributed by atoms with E-state index in [9.17, 15) is 0 Å². The molecule has 0 amide bonds. The molecule has 6 aromatic rings. The summed E-state index contributed by atoms with van der Waals surface area (Å²) in [5.41, 5.74) is 10.7. The molecule has 6 rings (SSSR count). The second-order valence-electron chi connectivity index (χ2n) is 14.8. The van der Waals surface area contributed by atoms with Crippen molar-refractivity contribution in [1.82, 2.24) is 0 Å². The van der Waals surface area contributed by atoms with Gasteiger partial charge in [-0.25, -0.2) is 0 Å². The molecule has 0 unspecified atom stereocenters. The summed E-state index contributed by atoms with van der Waals surface area (Å²) in [6, 6.07) is 35.6. The minimum atomic E-state index is -0.448. The fraction of sp³-hybridized carbons (Fsp3) is 0.302. The summed E-state index contributed by atoms with van der Waals surface area (Å²) in [7, 11) is 1.33. The molecule has 0 aliphatic rings. The Labute approximate surface area is 298 Å². The molecule has 1 radical (unpaired) electrons. The molecule has 3 heteroatoms. The van der Waals surface area contributed by atoms with Crippen molar-refractivity contribution in [2.24, 2.45) is 0 Å². The SMILES string of the molecule is COc1c(C(C)(C)C)cc2[cH-]c(C)cc2c1-c1ccccc1.Cc1cc2c(-c3ccc(C(C)(C)C)cc3)cccc2[c-]1[Si](C)C.[Zr+2]. The van der Waals surface area contributed by atoms with Crippen LogP contribution in [-0.4, -0.2) is 15.9 Å². The summed E-state index contributed by atoms with van der Waals surface area (Å²) in [5, 5.41) is 7.03. The summed E-state index contributed by atoms with van der Waals surface area (Å²) in [5.74, 6) is 0.997. The van der Waals surface area contributed by atoms with Crippen LogP contribution in [0.15, 0.2) is 97.1 Å². The van der Waals surface area contributed by atoms with Gasteiger partial charge in [0.2, 0.25) is 0 Å². The number of ether oxygens (including phenoxy) is 1. The zero-order valence-electron chi connectivity index (χ0n) is 29.6. The van der Waals surface area contributed by atoms with Gasteiger partial charge in [0.15, 0.2) is 0 Å². The van der Waals surface area contributed by atoms with Crippen LogP contribution >= 0.6 is 0 Å². The van der Waals surface area contributed by atoms with Gasteiger partial charge in [-0.05, 0) is 38.6 Å². The molecule has 0 N–H and O–H groups in total. The Hall–Kier alpha value is -3.00. The van der Waals surface area contributed by atoms with Crippen LogP contribution in [0.3, 0.4) is 0 Å². The Morgan fingerprint density at radius 1 is 0.696 bits per heavy atom. The Morgan fingerprint density at radius 3 is 1.91 bits per heavy atom. The van der Waals surface area contributed by atoms with Crippen LogP contribution in [0.25, 0.3) is 43.8 Å². The largest absolute Gasteiger partial charge is 2.00 e. The number of hydrogen-bond donors (Lipinski definition) is 0. The van der Waals surface area contributed by atoms with E-state index >= 15 is 0 Å². The number of methoxy groups -OCH3 is 1. The third kappa shape index (κ3) is 7.27. The van der Waals surface area contributed by atoms with E-state index in [1.165, 1.54) is 66.1 Å². The molecule has 1 nitrogen and oxygen atoms in total. The van der Waals surface area contributed by atoms with Gasteiger partial charge in [0.1, 0.15) is 5.75 Å². The molecule has 0 atom stereocenters. The maximum atomic E-state index is 5.87. The number of hydrogen-bond acceptors (Lipinski definition) is 1.